The van der Waals surface area contributed by atoms with E-state index < -0.39 is 0 Å². The maximum atomic E-state index is 13.7. The van der Waals surface area contributed by atoms with Crippen molar-refractivity contribution in [2.75, 3.05) is 5.43 Å². The molecular weight excluding hydrogens is 377 g/mol. The van der Waals surface area contributed by atoms with Gasteiger partial charge in [-0.25, -0.2) is 9.37 Å². The number of alkyl halides is 1. The lowest BCUT2D eigenvalue weighted by Crippen LogP contribution is -1.96. The lowest BCUT2D eigenvalue weighted by Gasteiger charge is -2.02. The Morgan fingerprint density at radius 3 is 2.78 bits per heavy atom. The Morgan fingerprint density at radius 2 is 2.00 bits per heavy atom. The fraction of sp³-hybridized carbons (Fsp3) is 0.0588. The highest BCUT2D eigenvalue weighted by atomic mass is 79.9. The van der Waals surface area contributed by atoms with Gasteiger partial charge in [0.05, 0.1) is 11.9 Å². The quantitative estimate of drug-likeness (QED) is 0.365. The standard InChI is InChI=1S/C17H13BrFN3S/c18-9-14-13(7-4-8-15(14)19)10-20-22-17-21-16(11-23-17)12-5-2-1-3-6-12/h1-8,10-11H,9H2,(H,21,22). The zero-order chi connectivity index (χ0) is 16.1. The number of hydrogen-bond acceptors (Lipinski definition) is 4. The van der Waals surface area contributed by atoms with Crippen LogP contribution >= 0.6 is 27.3 Å². The van der Waals surface area contributed by atoms with Crippen molar-refractivity contribution in [1.29, 1.82) is 0 Å². The molecule has 0 spiro atoms. The minimum Gasteiger partial charge on any atom is -0.253 e. The van der Waals surface area contributed by atoms with E-state index in [2.05, 4.69) is 31.4 Å². The molecule has 1 N–H and O–H groups in total. The summed E-state index contributed by atoms with van der Waals surface area (Å²) in [5.41, 5.74) is 6.17. The number of aromatic nitrogens is 1. The molecule has 3 nitrogen and oxygen atoms in total. The van der Waals surface area contributed by atoms with Crippen molar-refractivity contribution in [2.45, 2.75) is 5.33 Å². The van der Waals surface area contributed by atoms with Crippen LogP contribution in [0.25, 0.3) is 11.3 Å². The van der Waals surface area contributed by atoms with Crippen LogP contribution < -0.4 is 5.43 Å². The molecule has 1 aromatic heterocycles. The number of hydrogen-bond donors (Lipinski definition) is 1. The molecule has 0 aliphatic carbocycles. The van der Waals surface area contributed by atoms with E-state index in [0.717, 1.165) is 16.8 Å². The minimum absolute atomic E-state index is 0.244. The summed E-state index contributed by atoms with van der Waals surface area (Å²) in [5.74, 6) is -0.244. The molecule has 0 aliphatic rings. The molecule has 0 saturated heterocycles. The molecule has 0 aliphatic heterocycles. The van der Waals surface area contributed by atoms with E-state index in [1.807, 2.05) is 41.8 Å². The van der Waals surface area contributed by atoms with Crippen molar-refractivity contribution in [3.63, 3.8) is 0 Å². The summed E-state index contributed by atoms with van der Waals surface area (Å²) in [4.78, 5) is 4.48. The van der Waals surface area contributed by atoms with Crippen molar-refractivity contribution in [2.24, 2.45) is 5.10 Å². The van der Waals surface area contributed by atoms with Gasteiger partial charge in [-0.15, -0.1) is 11.3 Å². The van der Waals surface area contributed by atoms with Crippen LogP contribution in [0.1, 0.15) is 11.1 Å². The molecule has 116 valence electrons. The average Bonchev–Trinajstić information content (AvgIpc) is 3.05. The van der Waals surface area contributed by atoms with Gasteiger partial charge in [0, 0.05) is 27.4 Å². The van der Waals surface area contributed by atoms with Crippen LogP contribution in [-0.4, -0.2) is 11.2 Å². The third kappa shape index (κ3) is 3.83. The third-order valence-electron chi connectivity index (χ3n) is 3.23. The molecule has 0 bridgehead atoms. The first-order chi connectivity index (χ1) is 11.3. The predicted molar refractivity (Wildman–Crippen MR) is 97.8 cm³/mol. The van der Waals surface area contributed by atoms with E-state index in [0.29, 0.717) is 16.0 Å². The van der Waals surface area contributed by atoms with E-state index in [4.69, 9.17) is 0 Å². The number of nitrogens with one attached hydrogen (secondary N) is 1. The Bertz CT molecular complexity index is 818. The van der Waals surface area contributed by atoms with Gasteiger partial charge in [0.2, 0.25) is 5.13 Å². The average molecular weight is 390 g/mol. The van der Waals surface area contributed by atoms with E-state index >= 15 is 0 Å². The normalized spacial score (nSPS) is 11.0. The van der Waals surface area contributed by atoms with Crippen LogP contribution in [0.2, 0.25) is 0 Å². The second-order valence-electron chi connectivity index (χ2n) is 4.72. The first-order valence-electron chi connectivity index (χ1n) is 6.91. The molecule has 3 aromatic rings. The van der Waals surface area contributed by atoms with E-state index in [-0.39, 0.29) is 5.82 Å². The number of hydrazone groups is 1. The zero-order valence-corrected chi connectivity index (χ0v) is 14.4. The smallest absolute Gasteiger partial charge is 0.203 e. The lowest BCUT2D eigenvalue weighted by molar-refractivity contribution is 0.617. The molecule has 6 heteroatoms. The first kappa shape index (κ1) is 15.8. The zero-order valence-electron chi connectivity index (χ0n) is 12.0. The molecule has 0 atom stereocenters. The summed E-state index contributed by atoms with van der Waals surface area (Å²) in [7, 11) is 0. The highest BCUT2D eigenvalue weighted by molar-refractivity contribution is 9.08. The van der Waals surface area contributed by atoms with Gasteiger partial charge in [-0.2, -0.15) is 5.10 Å². The number of halogens is 2. The van der Waals surface area contributed by atoms with Gasteiger partial charge in [-0.1, -0.05) is 58.4 Å². The number of rotatable bonds is 5. The van der Waals surface area contributed by atoms with Crippen molar-refractivity contribution >= 4 is 38.6 Å². The predicted octanol–water partition coefficient (Wildman–Crippen LogP) is 5.29. The van der Waals surface area contributed by atoms with E-state index in [9.17, 15) is 4.39 Å². The van der Waals surface area contributed by atoms with Gasteiger partial charge in [-0.3, -0.25) is 5.43 Å². The molecule has 2 aromatic carbocycles. The van der Waals surface area contributed by atoms with Crippen LogP contribution in [0, 0.1) is 5.82 Å². The number of thiazole rings is 1. The van der Waals surface area contributed by atoms with Crippen molar-refractivity contribution in [3.05, 3.63) is 70.9 Å². The summed E-state index contributed by atoms with van der Waals surface area (Å²) >= 11 is 4.77. The molecule has 1 heterocycles. The molecule has 0 unspecified atom stereocenters. The van der Waals surface area contributed by atoms with Crippen LogP contribution in [0.5, 0.6) is 0 Å². The van der Waals surface area contributed by atoms with Gasteiger partial charge >= 0.3 is 0 Å². The summed E-state index contributed by atoms with van der Waals surface area (Å²) < 4.78 is 13.7. The van der Waals surface area contributed by atoms with Gasteiger partial charge in [0.1, 0.15) is 5.82 Å². The molecule has 0 fully saturated rings. The van der Waals surface area contributed by atoms with E-state index in [1.165, 1.54) is 17.4 Å². The second kappa shape index (κ2) is 7.48. The minimum atomic E-state index is -0.244. The number of anilines is 1. The Morgan fingerprint density at radius 1 is 1.17 bits per heavy atom. The highest BCUT2D eigenvalue weighted by Crippen LogP contribution is 2.24. The highest BCUT2D eigenvalue weighted by Gasteiger charge is 2.05. The van der Waals surface area contributed by atoms with Gasteiger partial charge < -0.3 is 0 Å². The monoisotopic (exact) mass is 389 g/mol. The SMILES string of the molecule is Fc1cccc(C=NNc2nc(-c3ccccc3)cs2)c1CBr. The van der Waals surface area contributed by atoms with Gasteiger partial charge in [-0.05, 0) is 6.07 Å². The molecule has 0 radical (unpaired) electrons. The summed E-state index contributed by atoms with van der Waals surface area (Å²) in [6.07, 6.45) is 1.60. The summed E-state index contributed by atoms with van der Waals surface area (Å²) in [5, 5.41) is 7.26. The van der Waals surface area contributed by atoms with Gasteiger partial charge in [0.25, 0.3) is 0 Å². The maximum absolute atomic E-state index is 13.7. The van der Waals surface area contributed by atoms with Crippen LogP contribution in [-0.2, 0) is 5.33 Å². The van der Waals surface area contributed by atoms with E-state index in [1.54, 1.807) is 12.3 Å². The van der Waals surface area contributed by atoms with Crippen molar-refractivity contribution < 1.29 is 4.39 Å². The topological polar surface area (TPSA) is 37.3 Å². The fourth-order valence-corrected chi connectivity index (χ4v) is 3.32. The summed E-state index contributed by atoms with van der Waals surface area (Å²) in [6.45, 7) is 0. The second-order valence-corrected chi connectivity index (χ2v) is 6.13. The van der Waals surface area contributed by atoms with Crippen molar-refractivity contribution in [3.8, 4) is 11.3 Å². The summed E-state index contributed by atoms with van der Waals surface area (Å²) in [6, 6.07) is 14.9. The third-order valence-corrected chi connectivity index (χ3v) is 4.53. The van der Waals surface area contributed by atoms with Crippen LogP contribution in [0.15, 0.2) is 59.0 Å². The molecule has 0 amide bonds. The first-order valence-corrected chi connectivity index (χ1v) is 8.91. The Labute approximate surface area is 146 Å². The Balaban J connectivity index is 1.72. The lowest BCUT2D eigenvalue weighted by atomic mass is 10.1. The fourth-order valence-electron chi connectivity index (χ4n) is 2.06. The number of nitrogens with zero attached hydrogens (tertiary/aromatic N) is 2. The maximum Gasteiger partial charge on any atom is 0.203 e. The van der Waals surface area contributed by atoms with Gasteiger partial charge in [0.15, 0.2) is 0 Å². The van der Waals surface area contributed by atoms with Crippen LogP contribution in [0.3, 0.4) is 0 Å². The Hall–Kier alpha value is -2.05. The molecule has 0 saturated carbocycles. The molecule has 23 heavy (non-hydrogen) atoms. The van der Waals surface area contributed by atoms with Crippen LogP contribution in [0.4, 0.5) is 9.52 Å². The Kier molecular flexibility index (Phi) is 5.15. The number of benzene rings is 2. The largest absolute Gasteiger partial charge is 0.253 e. The molecular formula is C17H13BrFN3S. The van der Waals surface area contributed by atoms with Crippen molar-refractivity contribution in [1.82, 2.24) is 4.98 Å². The molecule has 3 rings (SSSR count).